The van der Waals surface area contributed by atoms with Gasteiger partial charge in [0.05, 0.1) is 18.8 Å². The first kappa shape index (κ1) is 66.0. The molecule has 0 saturated heterocycles. The van der Waals surface area contributed by atoms with Crippen LogP contribution in [0.25, 0.3) is 0 Å². The van der Waals surface area contributed by atoms with Crippen LogP contribution >= 0.6 is 0 Å². The Balaban J connectivity index is 5.23. The second-order valence-corrected chi connectivity index (χ2v) is 18.7. The summed E-state index contributed by atoms with van der Waals surface area (Å²) in [7, 11) is 0. The molecule has 0 aliphatic rings. The summed E-state index contributed by atoms with van der Waals surface area (Å²) in [4.78, 5) is 65.8. The van der Waals surface area contributed by atoms with Crippen molar-refractivity contribution in [1.29, 1.82) is 16.2 Å². The number of aliphatic carboxylic acids is 1. The first-order valence-electron chi connectivity index (χ1n) is 26.7. The van der Waals surface area contributed by atoms with E-state index in [4.69, 9.17) is 49.0 Å². The molecule has 19 N–H and O–H groups in total. The minimum Gasteiger partial charge on any atom is -0.481 e. The van der Waals surface area contributed by atoms with E-state index >= 15 is 0 Å². The highest BCUT2D eigenvalue weighted by atomic mass is 16.5. The van der Waals surface area contributed by atoms with E-state index in [1.165, 1.54) is 44.9 Å². The number of nitrogens with zero attached hydrogens (tertiary/aromatic N) is 1. The quantitative estimate of drug-likeness (QED) is 0.0180. The monoisotopic (exact) mass is 1010 g/mol. The molecule has 0 spiro atoms. The number of hydrogen-bond acceptors (Lipinski definition) is 12. The summed E-state index contributed by atoms with van der Waals surface area (Å²) >= 11 is 0. The number of esters is 1. The summed E-state index contributed by atoms with van der Waals surface area (Å²) in [6.45, 7) is 5.96. The van der Waals surface area contributed by atoms with Crippen LogP contribution in [-0.2, 0) is 28.7 Å². The topological polar surface area (TPSA) is 386 Å². The fourth-order valence-corrected chi connectivity index (χ4v) is 7.94. The maximum Gasteiger partial charge on any atom is 0.305 e. The first-order valence-corrected chi connectivity index (χ1v) is 26.7. The molecule has 0 heterocycles. The van der Waals surface area contributed by atoms with Crippen LogP contribution in [-0.4, -0.2) is 139 Å². The Labute approximate surface area is 424 Å². The molecule has 0 aliphatic heterocycles. The van der Waals surface area contributed by atoms with Crippen molar-refractivity contribution < 1.29 is 38.9 Å². The predicted octanol–water partition coefficient (Wildman–Crippen LogP) is 3.08. The van der Waals surface area contributed by atoms with E-state index < -0.39 is 47.9 Å². The number of aliphatic hydroxyl groups is 1. The van der Waals surface area contributed by atoms with E-state index in [0.717, 1.165) is 70.9 Å². The summed E-state index contributed by atoms with van der Waals surface area (Å²) in [5.74, 6) is -3.19. The Morgan fingerprint density at radius 1 is 0.521 bits per heavy atom. The predicted molar refractivity (Wildman–Crippen MR) is 281 cm³/mol. The SMILES string of the molecule is CCCCCCCCCCCOC(=O)CCCCCN(CCCCCCCC(=O)O)CC(O)CCCCNC(=O)C(CCCNC(=N)N)NC(=O)C(CCCNC(=N)N)NC(=O)C(N)CCCNC(=N)N. The number of unbranched alkanes of at least 4 members (excludes halogenated alkanes) is 15. The highest BCUT2D eigenvalue weighted by molar-refractivity contribution is 5.93. The maximum atomic E-state index is 13.7. The van der Waals surface area contributed by atoms with Crippen molar-refractivity contribution in [2.75, 3.05) is 52.4 Å². The van der Waals surface area contributed by atoms with Crippen LogP contribution in [0.1, 0.15) is 187 Å². The van der Waals surface area contributed by atoms with Gasteiger partial charge in [0.25, 0.3) is 0 Å². The van der Waals surface area contributed by atoms with Gasteiger partial charge in [-0.15, -0.1) is 0 Å². The minimum absolute atomic E-state index is 0.145. The molecule has 0 saturated carbocycles. The lowest BCUT2D eigenvalue weighted by atomic mass is 10.1. The van der Waals surface area contributed by atoms with E-state index in [1.807, 2.05) is 0 Å². The number of rotatable bonds is 48. The molecule has 0 aromatic rings. The molecule has 22 nitrogen and oxygen atoms in total. The molecule has 4 atom stereocenters. The Morgan fingerprint density at radius 2 is 0.972 bits per heavy atom. The smallest absolute Gasteiger partial charge is 0.305 e. The molecule has 0 fully saturated rings. The van der Waals surface area contributed by atoms with Crippen LogP contribution in [0.2, 0.25) is 0 Å². The third-order valence-corrected chi connectivity index (χ3v) is 12.0. The number of nitrogens with one attached hydrogen (secondary N) is 9. The summed E-state index contributed by atoms with van der Waals surface area (Å²) in [5, 5.41) is 58.6. The molecule has 3 amide bonds. The van der Waals surface area contributed by atoms with Gasteiger partial charge in [-0.1, -0.05) is 84.0 Å². The van der Waals surface area contributed by atoms with Crippen LogP contribution in [0.4, 0.5) is 0 Å². The second-order valence-electron chi connectivity index (χ2n) is 18.7. The molecule has 0 aliphatic carbocycles. The van der Waals surface area contributed by atoms with Crippen LogP contribution < -0.4 is 54.8 Å². The number of carbonyl (C=O) groups is 5. The lowest BCUT2D eigenvalue weighted by Gasteiger charge is -2.25. The zero-order valence-electron chi connectivity index (χ0n) is 43.4. The normalized spacial score (nSPS) is 12.8. The molecule has 0 rings (SSSR count). The zero-order chi connectivity index (χ0) is 52.9. The Kier molecular flexibility index (Phi) is 41.8. The average molecular weight is 1010 g/mol. The van der Waals surface area contributed by atoms with E-state index in [-0.39, 0.29) is 62.6 Å². The van der Waals surface area contributed by atoms with Crippen LogP contribution in [0.15, 0.2) is 0 Å². The van der Waals surface area contributed by atoms with Crippen LogP contribution in [0.3, 0.4) is 0 Å². The fraction of sp³-hybridized carbons (Fsp3) is 0.837. The molecule has 71 heavy (non-hydrogen) atoms. The number of ether oxygens (including phenoxy) is 1. The molecule has 412 valence electrons. The van der Waals surface area contributed by atoms with Crippen molar-refractivity contribution in [1.82, 2.24) is 36.8 Å². The number of nitrogens with two attached hydrogens (primary N) is 4. The number of guanidine groups is 3. The van der Waals surface area contributed by atoms with Gasteiger partial charge >= 0.3 is 11.9 Å². The van der Waals surface area contributed by atoms with Gasteiger partial charge in [-0.2, -0.15) is 0 Å². The van der Waals surface area contributed by atoms with Gasteiger partial charge in [-0.05, 0) is 103 Å². The van der Waals surface area contributed by atoms with E-state index in [0.29, 0.717) is 77.6 Å². The molecular formula is C49H98N14O8. The van der Waals surface area contributed by atoms with Crippen molar-refractivity contribution in [3.05, 3.63) is 0 Å². The third-order valence-electron chi connectivity index (χ3n) is 12.0. The maximum absolute atomic E-state index is 13.7. The molecule has 0 radical (unpaired) electrons. The van der Waals surface area contributed by atoms with Gasteiger partial charge in [0.15, 0.2) is 17.9 Å². The zero-order valence-corrected chi connectivity index (χ0v) is 43.4. The third kappa shape index (κ3) is 42.4. The minimum atomic E-state index is -1.06. The molecule has 0 aromatic carbocycles. The Bertz CT molecular complexity index is 1480. The lowest BCUT2D eigenvalue weighted by molar-refractivity contribution is -0.144. The summed E-state index contributed by atoms with van der Waals surface area (Å²) < 4.78 is 5.47. The van der Waals surface area contributed by atoms with Gasteiger partial charge in [-0.3, -0.25) is 40.2 Å². The second kappa shape index (κ2) is 44.9. The van der Waals surface area contributed by atoms with E-state index in [1.54, 1.807) is 0 Å². The standard InChI is InChI=1S/C49H98N14O8/c1-2-3-4-5-6-7-8-12-20-36-71-43(67)29-15-13-19-35-63(34-18-11-9-10-14-28-42(65)66)37-38(64)24-16-17-30-57-45(69)40(26-22-32-59-48(53)54)62-46(70)41(27-23-33-60-49(55)56)61-44(68)39(50)25-21-31-58-47(51)52/h38-41,64H,2-37,50H2,1H3,(H,57,69)(H,61,68)(H,62,70)(H,65,66)(H4,51,52,58)(H4,53,54,59)(H4,55,56,60). The number of aliphatic hydroxyl groups excluding tert-OH is 1. The van der Waals surface area contributed by atoms with Crippen LogP contribution in [0.5, 0.6) is 0 Å². The number of hydrogen-bond donors (Lipinski definition) is 15. The van der Waals surface area contributed by atoms with Gasteiger partial charge in [0.2, 0.25) is 17.7 Å². The lowest BCUT2D eigenvalue weighted by Crippen LogP contribution is -2.56. The number of carbonyl (C=O) groups excluding carboxylic acids is 4. The molecule has 0 bridgehead atoms. The average Bonchev–Trinajstić information content (AvgIpc) is 3.31. The number of carboxylic acids is 1. The van der Waals surface area contributed by atoms with Crippen molar-refractivity contribution in [2.24, 2.45) is 22.9 Å². The van der Waals surface area contributed by atoms with Crippen molar-refractivity contribution in [3.8, 4) is 0 Å². The van der Waals surface area contributed by atoms with Gasteiger partial charge < -0.3 is 74.7 Å². The number of amides is 3. The van der Waals surface area contributed by atoms with Crippen molar-refractivity contribution >= 4 is 47.5 Å². The van der Waals surface area contributed by atoms with Gasteiger partial charge in [-0.25, -0.2) is 0 Å². The largest absolute Gasteiger partial charge is 0.481 e. The number of carboxylic acid groups (broad SMARTS) is 1. The Hall–Kier alpha value is -4.96. The summed E-state index contributed by atoms with van der Waals surface area (Å²) in [6, 6.07) is -2.99. The highest BCUT2D eigenvalue weighted by Crippen LogP contribution is 2.13. The molecule has 0 aromatic heterocycles. The molecule has 4 unspecified atom stereocenters. The van der Waals surface area contributed by atoms with Crippen LogP contribution in [0, 0.1) is 16.2 Å². The molecular weight excluding hydrogens is 913 g/mol. The summed E-state index contributed by atoms with van der Waals surface area (Å²) in [5.41, 5.74) is 22.3. The molecule has 22 heteroatoms. The Morgan fingerprint density at radius 3 is 1.52 bits per heavy atom. The first-order chi connectivity index (χ1) is 34.0. The van der Waals surface area contributed by atoms with E-state index in [9.17, 15) is 29.1 Å². The van der Waals surface area contributed by atoms with Crippen molar-refractivity contribution in [3.63, 3.8) is 0 Å². The van der Waals surface area contributed by atoms with Crippen molar-refractivity contribution in [2.45, 2.75) is 211 Å². The van der Waals surface area contributed by atoms with E-state index in [2.05, 4.69) is 43.7 Å². The fourth-order valence-electron chi connectivity index (χ4n) is 7.94. The summed E-state index contributed by atoms with van der Waals surface area (Å²) in [6.07, 6.45) is 21.3. The van der Waals surface area contributed by atoms with Gasteiger partial charge in [0.1, 0.15) is 12.1 Å². The van der Waals surface area contributed by atoms with Gasteiger partial charge in [0, 0.05) is 45.6 Å². The highest BCUT2D eigenvalue weighted by Gasteiger charge is 2.28.